The monoisotopic (exact) mass is 263 g/mol. The maximum atomic E-state index is 10.7. The molecule has 0 spiro atoms. The topological polar surface area (TPSA) is 29.4 Å². The number of unbranched alkanes of at least 4 members (excludes halogenated alkanes) is 2. The van der Waals surface area contributed by atoms with Crippen LogP contribution in [-0.2, 0) is 0 Å². The predicted octanol–water partition coefficient (Wildman–Crippen LogP) is 5.95. The largest absolute Gasteiger partial charge is 0.150 e. The summed E-state index contributed by atoms with van der Waals surface area (Å²) in [5.74, 6) is 0. The van der Waals surface area contributed by atoms with E-state index < -0.39 is 5.54 Å². The van der Waals surface area contributed by atoms with Gasteiger partial charge in [-0.2, -0.15) is 0 Å². The molecule has 0 aliphatic carbocycles. The van der Waals surface area contributed by atoms with Gasteiger partial charge in [0.1, 0.15) is 5.54 Å². The Bertz CT molecular complexity index is 327. The Labute approximate surface area is 118 Å². The zero-order chi connectivity index (χ0) is 14.7. The number of rotatable bonds is 10. The van der Waals surface area contributed by atoms with Crippen molar-refractivity contribution in [3.05, 3.63) is 40.9 Å². The third kappa shape index (κ3) is 9.40. The maximum Gasteiger partial charge on any atom is 0.118 e. The van der Waals surface area contributed by atoms with Crippen LogP contribution in [0, 0.1) is 4.91 Å². The van der Waals surface area contributed by atoms with Gasteiger partial charge in [-0.25, -0.2) is 0 Å². The van der Waals surface area contributed by atoms with Gasteiger partial charge in [-0.3, -0.25) is 0 Å². The molecule has 0 aromatic rings. The van der Waals surface area contributed by atoms with E-state index in [-0.39, 0.29) is 0 Å². The minimum atomic E-state index is -0.611. The van der Waals surface area contributed by atoms with E-state index in [4.69, 9.17) is 0 Å². The van der Waals surface area contributed by atoms with Crippen molar-refractivity contribution in [1.82, 2.24) is 0 Å². The molecule has 1 unspecified atom stereocenters. The molecule has 0 radical (unpaired) electrons. The van der Waals surface area contributed by atoms with E-state index >= 15 is 0 Å². The Morgan fingerprint density at radius 3 is 2.37 bits per heavy atom. The molecule has 19 heavy (non-hydrogen) atoms. The molecule has 0 aromatic heterocycles. The van der Waals surface area contributed by atoms with Crippen LogP contribution in [0.15, 0.2) is 41.1 Å². The minimum absolute atomic E-state index is 0.611. The Morgan fingerprint density at radius 1 is 1.16 bits per heavy atom. The summed E-state index contributed by atoms with van der Waals surface area (Å²) in [4.78, 5) is 10.7. The molecule has 0 amide bonds. The third-order valence-corrected chi connectivity index (χ3v) is 3.37. The number of hydrogen-bond acceptors (Lipinski definition) is 2. The molecule has 2 nitrogen and oxygen atoms in total. The molecule has 0 aliphatic rings. The van der Waals surface area contributed by atoms with Gasteiger partial charge in [0.15, 0.2) is 0 Å². The molecule has 0 bridgehead atoms. The smallest absolute Gasteiger partial charge is 0.118 e. The fourth-order valence-electron chi connectivity index (χ4n) is 1.84. The Hall–Kier alpha value is -1.18. The number of nitroso groups, excluding NO2 is 1. The molecule has 0 aliphatic heterocycles. The molecule has 0 aromatic carbocycles. The molecule has 0 saturated carbocycles. The molecule has 0 fully saturated rings. The molecule has 2 heteroatoms. The summed E-state index contributed by atoms with van der Waals surface area (Å²) < 4.78 is 0. The van der Waals surface area contributed by atoms with Crippen LogP contribution in [0.2, 0.25) is 0 Å². The first kappa shape index (κ1) is 17.8. The van der Waals surface area contributed by atoms with Gasteiger partial charge in [0.2, 0.25) is 0 Å². The lowest BCUT2D eigenvalue weighted by Gasteiger charge is -2.14. The van der Waals surface area contributed by atoms with Crippen LogP contribution in [-0.4, -0.2) is 5.54 Å². The van der Waals surface area contributed by atoms with E-state index in [1.807, 2.05) is 6.92 Å². The van der Waals surface area contributed by atoms with Crippen molar-refractivity contribution in [3.63, 3.8) is 0 Å². The molecule has 0 heterocycles. The molecular weight excluding hydrogens is 234 g/mol. The van der Waals surface area contributed by atoms with Gasteiger partial charge in [-0.05, 0) is 66.2 Å². The van der Waals surface area contributed by atoms with Gasteiger partial charge >= 0.3 is 0 Å². The van der Waals surface area contributed by atoms with E-state index in [9.17, 15) is 4.91 Å². The second kappa shape index (κ2) is 9.71. The summed E-state index contributed by atoms with van der Waals surface area (Å²) >= 11 is 0. The highest BCUT2D eigenvalue weighted by Gasteiger charge is 2.19. The first-order valence-corrected chi connectivity index (χ1v) is 7.20. The van der Waals surface area contributed by atoms with Crippen molar-refractivity contribution in [2.45, 2.75) is 71.8 Å². The van der Waals surface area contributed by atoms with Crippen LogP contribution in [0.3, 0.4) is 0 Å². The molecule has 0 rings (SSSR count). The van der Waals surface area contributed by atoms with E-state index in [0.29, 0.717) is 0 Å². The second-order valence-electron chi connectivity index (χ2n) is 5.77. The van der Waals surface area contributed by atoms with E-state index in [2.05, 4.69) is 44.7 Å². The predicted molar refractivity (Wildman–Crippen MR) is 85.3 cm³/mol. The van der Waals surface area contributed by atoms with E-state index in [0.717, 1.165) is 19.3 Å². The fraction of sp³-hybridized carbons (Fsp3) is 0.647. The molecule has 1 atom stereocenters. The Balaban J connectivity index is 3.86. The zero-order valence-electron chi connectivity index (χ0n) is 13.0. The lowest BCUT2D eigenvalue weighted by atomic mass is 9.96. The summed E-state index contributed by atoms with van der Waals surface area (Å²) in [6, 6.07) is 0. The highest BCUT2D eigenvalue weighted by atomic mass is 16.3. The second-order valence-corrected chi connectivity index (χ2v) is 5.77. The molecule has 0 saturated heterocycles. The van der Waals surface area contributed by atoms with Gasteiger partial charge in [0.05, 0.1) is 0 Å². The average Bonchev–Trinajstić information content (AvgIpc) is 2.37. The van der Waals surface area contributed by atoms with Crippen LogP contribution in [0.1, 0.15) is 66.2 Å². The van der Waals surface area contributed by atoms with Gasteiger partial charge in [-0.15, -0.1) is 11.5 Å². The summed E-state index contributed by atoms with van der Waals surface area (Å²) in [5.41, 5.74) is 2.20. The van der Waals surface area contributed by atoms with Gasteiger partial charge in [0.25, 0.3) is 0 Å². The quantitative estimate of drug-likeness (QED) is 0.272. The normalized spacial score (nSPS) is 14.6. The standard InChI is InChI=1S/C17H29NO/c1-6-17(5,18-19)14-10-13-16(4)12-9-7-8-11-15(2)3/h6,11,13H,1,7-10,12,14H2,2-5H3/b16-13+. The van der Waals surface area contributed by atoms with Gasteiger partial charge in [-0.1, -0.05) is 34.6 Å². The van der Waals surface area contributed by atoms with Crippen LogP contribution in [0.5, 0.6) is 0 Å². The summed E-state index contributed by atoms with van der Waals surface area (Å²) in [5, 5.41) is 3.13. The lowest BCUT2D eigenvalue weighted by molar-refractivity contribution is 0.538. The zero-order valence-corrected chi connectivity index (χ0v) is 13.0. The SMILES string of the molecule is C=CC(C)(CC/C=C(\C)CCCCC=C(C)C)N=O. The molecular formula is C17H29NO. The van der Waals surface area contributed by atoms with Crippen molar-refractivity contribution in [2.24, 2.45) is 5.18 Å². The molecule has 108 valence electrons. The van der Waals surface area contributed by atoms with Crippen molar-refractivity contribution in [3.8, 4) is 0 Å². The average molecular weight is 263 g/mol. The van der Waals surface area contributed by atoms with Crippen LogP contribution >= 0.6 is 0 Å². The highest BCUT2D eigenvalue weighted by molar-refractivity contribution is 5.04. The Kier molecular flexibility index (Phi) is 9.11. The molecule has 0 N–H and O–H groups in total. The highest BCUT2D eigenvalue weighted by Crippen LogP contribution is 2.20. The maximum absolute atomic E-state index is 10.7. The Morgan fingerprint density at radius 2 is 1.84 bits per heavy atom. The van der Waals surface area contributed by atoms with Crippen molar-refractivity contribution >= 4 is 0 Å². The van der Waals surface area contributed by atoms with Crippen molar-refractivity contribution in [1.29, 1.82) is 0 Å². The fourth-order valence-corrected chi connectivity index (χ4v) is 1.84. The number of nitrogens with zero attached hydrogens (tertiary/aromatic N) is 1. The van der Waals surface area contributed by atoms with Crippen LogP contribution in [0.4, 0.5) is 0 Å². The lowest BCUT2D eigenvalue weighted by Crippen LogP contribution is -2.16. The summed E-state index contributed by atoms with van der Waals surface area (Å²) in [7, 11) is 0. The van der Waals surface area contributed by atoms with E-state index in [1.165, 1.54) is 30.4 Å². The van der Waals surface area contributed by atoms with Crippen LogP contribution < -0.4 is 0 Å². The van der Waals surface area contributed by atoms with Crippen molar-refractivity contribution < 1.29 is 0 Å². The van der Waals surface area contributed by atoms with E-state index in [1.54, 1.807) is 6.08 Å². The third-order valence-electron chi connectivity index (χ3n) is 3.37. The number of hydrogen-bond donors (Lipinski definition) is 0. The van der Waals surface area contributed by atoms with Crippen molar-refractivity contribution in [2.75, 3.05) is 0 Å². The van der Waals surface area contributed by atoms with Gasteiger partial charge < -0.3 is 0 Å². The first-order chi connectivity index (χ1) is 8.93. The minimum Gasteiger partial charge on any atom is -0.150 e. The first-order valence-electron chi connectivity index (χ1n) is 7.20. The van der Waals surface area contributed by atoms with Gasteiger partial charge in [0, 0.05) is 0 Å². The van der Waals surface area contributed by atoms with Crippen LogP contribution in [0.25, 0.3) is 0 Å². The number of allylic oxidation sites excluding steroid dienone is 4. The summed E-state index contributed by atoms with van der Waals surface area (Å²) in [6.07, 6.45) is 12.6. The summed E-state index contributed by atoms with van der Waals surface area (Å²) in [6.45, 7) is 11.9.